The Labute approximate surface area is 113 Å². The fraction of sp³-hybridized carbons (Fsp3) is 0.812. The fourth-order valence-electron chi connectivity index (χ4n) is 2.12. The van der Waals surface area contributed by atoms with Crippen molar-refractivity contribution in [2.45, 2.75) is 77.2 Å². The first kappa shape index (κ1) is 17.4. The quantitative estimate of drug-likeness (QED) is 0.271. The van der Waals surface area contributed by atoms with Crippen LogP contribution in [0.5, 0.6) is 0 Å². The number of hydrogen-bond acceptors (Lipinski definition) is 2. The third-order valence-corrected chi connectivity index (χ3v) is 3.33. The molecular weight excluding hydrogens is 224 g/mol. The normalized spacial score (nSPS) is 13.0. The minimum absolute atomic E-state index is 0.279. The number of methoxy groups -OCH3 is 1. The summed E-state index contributed by atoms with van der Waals surface area (Å²) in [4.78, 5) is 10.2. The van der Waals surface area contributed by atoms with Crippen LogP contribution in [0.25, 0.3) is 0 Å². The van der Waals surface area contributed by atoms with Gasteiger partial charge in [-0.2, -0.15) is 0 Å². The fourth-order valence-corrected chi connectivity index (χ4v) is 2.12. The van der Waals surface area contributed by atoms with Crippen molar-refractivity contribution >= 4 is 6.29 Å². The Balaban J connectivity index is 3.33. The molecular formula is C16H30O2. The molecule has 0 rings (SSSR count). The molecule has 0 aromatic rings. The van der Waals surface area contributed by atoms with E-state index in [1.54, 1.807) is 13.2 Å². The van der Waals surface area contributed by atoms with Crippen molar-refractivity contribution < 1.29 is 9.53 Å². The molecule has 0 heterocycles. The van der Waals surface area contributed by atoms with Gasteiger partial charge in [0.25, 0.3) is 0 Å². The Hall–Kier alpha value is -0.630. The molecule has 0 saturated carbocycles. The van der Waals surface area contributed by atoms with Gasteiger partial charge < -0.3 is 4.74 Å². The molecule has 2 nitrogen and oxygen atoms in total. The Kier molecular flexibility index (Phi) is 13.9. The lowest BCUT2D eigenvalue weighted by atomic mass is 10.0. The summed E-state index contributed by atoms with van der Waals surface area (Å²) >= 11 is 0. The van der Waals surface area contributed by atoms with Gasteiger partial charge in [-0.25, -0.2) is 0 Å². The van der Waals surface area contributed by atoms with Gasteiger partial charge in [0.15, 0.2) is 0 Å². The minimum atomic E-state index is 0.279. The highest BCUT2D eigenvalue weighted by molar-refractivity contribution is 5.64. The predicted molar refractivity (Wildman–Crippen MR) is 77.8 cm³/mol. The number of allylic oxidation sites excluding steroid dienone is 1. The third-order valence-electron chi connectivity index (χ3n) is 3.33. The van der Waals surface area contributed by atoms with Crippen LogP contribution in [-0.2, 0) is 9.53 Å². The van der Waals surface area contributed by atoms with Crippen LogP contribution >= 0.6 is 0 Å². The molecule has 0 aromatic heterocycles. The first-order valence-electron chi connectivity index (χ1n) is 7.48. The van der Waals surface area contributed by atoms with Crippen molar-refractivity contribution in [3.05, 3.63) is 12.2 Å². The van der Waals surface area contributed by atoms with Gasteiger partial charge in [0.1, 0.15) is 6.29 Å². The topological polar surface area (TPSA) is 26.3 Å². The maximum atomic E-state index is 10.2. The second kappa shape index (κ2) is 14.4. The molecule has 1 atom stereocenters. The van der Waals surface area contributed by atoms with Crippen molar-refractivity contribution in [3.8, 4) is 0 Å². The summed E-state index contributed by atoms with van der Waals surface area (Å²) in [5, 5.41) is 0. The first-order valence-corrected chi connectivity index (χ1v) is 7.48. The number of carbonyl (C=O) groups is 1. The number of carbonyl (C=O) groups excluding carboxylic acids is 1. The molecule has 0 aromatic carbocycles. The van der Waals surface area contributed by atoms with Gasteiger partial charge in [0.05, 0.1) is 6.10 Å². The molecule has 0 N–H and O–H groups in total. The van der Waals surface area contributed by atoms with E-state index in [-0.39, 0.29) is 6.10 Å². The summed E-state index contributed by atoms with van der Waals surface area (Å²) in [5.74, 6) is 0. The van der Waals surface area contributed by atoms with E-state index in [0.29, 0.717) is 0 Å². The second-order valence-corrected chi connectivity index (χ2v) is 4.92. The Morgan fingerprint density at radius 3 is 2.17 bits per heavy atom. The monoisotopic (exact) mass is 254 g/mol. The summed E-state index contributed by atoms with van der Waals surface area (Å²) in [6.07, 6.45) is 17.3. The minimum Gasteiger partial charge on any atom is -0.381 e. The van der Waals surface area contributed by atoms with Crippen molar-refractivity contribution in [3.63, 3.8) is 0 Å². The molecule has 0 amide bonds. The van der Waals surface area contributed by atoms with E-state index in [1.807, 2.05) is 6.08 Å². The molecule has 0 aliphatic heterocycles. The van der Waals surface area contributed by atoms with Crippen LogP contribution in [0.2, 0.25) is 0 Å². The van der Waals surface area contributed by atoms with Gasteiger partial charge in [-0.15, -0.1) is 0 Å². The van der Waals surface area contributed by atoms with Crippen molar-refractivity contribution in [1.82, 2.24) is 0 Å². The van der Waals surface area contributed by atoms with E-state index in [0.717, 1.165) is 19.1 Å². The highest BCUT2D eigenvalue weighted by Crippen LogP contribution is 2.13. The maximum absolute atomic E-state index is 10.2. The highest BCUT2D eigenvalue weighted by atomic mass is 16.5. The number of aldehydes is 1. The highest BCUT2D eigenvalue weighted by Gasteiger charge is 2.04. The van der Waals surface area contributed by atoms with Gasteiger partial charge in [-0.1, -0.05) is 64.4 Å². The van der Waals surface area contributed by atoms with Gasteiger partial charge in [0.2, 0.25) is 0 Å². The summed E-state index contributed by atoms with van der Waals surface area (Å²) < 4.78 is 5.39. The largest absolute Gasteiger partial charge is 0.381 e. The van der Waals surface area contributed by atoms with Crippen LogP contribution in [0.3, 0.4) is 0 Å². The Morgan fingerprint density at radius 1 is 1.00 bits per heavy atom. The maximum Gasteiger partial charge on any atom is 0.142 e. The number of hydrogen-bond donors (Lipinski definition) is 0. The average Bonchev–Trinajstić information content (AvgIpc) is 2.40. The summed E-state index contributed by atoms with van der Waals surface area (Å²) in [5.41, 5.74) is 0. The zero-order valence-corrected chi connectivity index (χ0v) is 12.2. The smallest absolute Gasteiger partial charge is 0.142 e. The number of rotatable bonds is 13. The van der Waals surface area contributed by atoms with Crippen LogP contribution in [0.1, 0.15) is 71.1 Å². The van der Waals surface area contributed by atoms with Crippen LogP contribution in [0.4, 0.5) is 0 Å². The molecule has 106 valence electrons. The van der Waals surface area contributed by atoms with E-state index < -0.39 is 0 Å². The second-order valence-electron chi connectivity index (χ2n) is 4.92. The van der Waals surface area contributed by atoms with E-state index in [9.17, 15) is 4.79 Å². The first-order chi connectivity index (χ1) is 8.85. The SMILES string of the molecule is CCCCCCCCCCC(C/C=C/C=O)OC. The molecule has 2 heteroatoms. The van der Waals surface area contributed by atoms with E-state index in [2.05, 4.69) is 6.92 Å². The standard InChI is InChI=1S/C16H30O2/c1-3-4-5-6-7-8-9-10-13-16(18-2)14-11-12-15-17/h11-12,15-16H,3-10,13-14H2,1-2H3/b12-11+. The zero-order valence-electron chi connectivity index (χ0n) is 12.2. The number of ether oxygens (including phenoxy) is 1. The zero-order chi connectivity index (χ0) is 13.5. The molecule has 0 aliphatic rings. The third kappa shape index (κ3) is 11.8. The van der Waals surface area contributed by atoms with Crippen molar-refractivity contribution in [2.75, 3.05) is 7.11 Å². The van der Waals surface area contributed by atoms with Gasteiger partial charge >= 0.3 is 0 Å². The molecule has 0 aliphatic carbocycles. The van der Waals surface area contributed by atoms with E-state index >= 15 is 0 Å². The van der Waals surface area contributed by atoms with Gasteiger partial charge in [-0.05, 0) is 18.9 Å². The van der Waals surface area contributed by atoms with Gasteiger partial charge in [-0.3, -0.25) is 4.79 Å². The molecule has 1 unspecified atom stereocenters. The molecule has 18 heavy (non-hydrogen) atoms. The lowest BCUT2D eigenvalue weighted by molar-refractivity contribution is -0.104. The van der Waals surface area contributed by atoms with Crippen LogP contribution < -0.4 is 0 Å². The molecule has 0 saturated heterocycles. The molecule has 0 spiro atoms. The Morgan fingerprint density at radius 2 is 1.61 bits per heavy atom. The van der Waals surface area contributed by atoms with Crippen molar-refractivity contribution in [1.29, 1.82) is 0 Å². The van der Waals surface area contributed by atoms with Crippen LogP contribution in [-0.4, -0.2) is 19.5 Å². The van der Waals surface area contributed by atoms with Gasteiger partial charge in [0, 0.05) is 7.11 Å². The lowest BCUT2D eigenvalue weighted by Gasteiger charge is -2.12. The Bertz CT molecular complexity index is 199. The molecule has 0 bridgehead atoms. The summed E-state index contributed by atoms with van der Waals surface area (Å²) in [6, 6.07) is 0. The number of unbranched alkanes of at least 4 members (excludes halogenated alkanes) is 7. The summed E-state index contributed by atoms with van der Waals surface area (Å²) in [6.45, 7) is 2.25. The summed E-state index contributed by atoms with van der Waals surface area (Å²) in [7, 11) is 1.75. The lowest BCUT2D eigenvalue weighted by Crippen LogP contribution is -2.08. The average molecular weight is 254 g/mol. The van der Waals surface area contributed by atoms with Crippen molar-refractivity contribution in [2.24, 2.45) is 0 Å². The molecule has 0 fully saturated rings. The van der Waals surface area contributed by atoms with Crippen LogP contribution in [0.15, 0.2) is 12.2 Å². The van der Waals surface area contributed by atoms with E-state index in [4.69, 9.17) is 4.74 Å². The van der Waals surface area contributed by atoms with Crippen LogP contribution in [0, 0.1) is 0 Å². The molecule has 0 radical (unpaired) electrons. The predicted octanol–water partition coefficient (Wildman–Crippen LogP) is 4.68. The van der Waals surface area contributed by atoms with E-state index in [1.165, 1.54) is 51.4 Å².